The second kappa shape index (κ2) is 6.01. The molecule has 1 aliphatic rings. The van der Waals surface area contributed by atoms with Crippen LogP contribution in [0.5, 0.6) is 5.88 Å². The van der Waals surface area contributed by atoms with Crippen LogP contribution in [-0.4, -0.2) is 31.0 Å². The zero-order chi connectivity index (χ0) is 16.5. The van der Waals surface area contributed by atoms with Crippen LogP contribution in [0.2, 0.25) is 5.28 Å². The molecule has 1 atom stereocenters. The third-order valence-electron chi connectivity index (χ3n) is 3.53. The van der Waals surface area contributed by atoms with E-state index in [9.17, 15) is 4.39 Å². The predicted octanol–water partition coefficient (Wildman–Crippen LogP) is 3.26. The average molecular weight is 344 g/mol. The van der Waals surface area contributed by atoms with Crippen molar-refractivity contribution in [1.82, 2.24) is 24.8 Å². The fourth-order valence-electron chi connectivity index (χ4n) is 2.43. The van der Waals surface area contributed by atoms with Gasteiger partial charge in [0.2, 0.25) is 11.2 Å². The lowest BCUT2D eigenvalue weighted by molar-refractivity contribution is 0.378. The summed E-state index contributed by atoms with van der Waals surface area (Å²) in [6.07, 6.45) is 5.73. The molecule has 3 heterocycles. The van der Waals surface area contributed by atoms with Crippen LogP contribution in [0.3, 0.4) is 0 Å². The van der Waals surface area contributed by atoms with Gasteiger partial charge in [0, 0.05) is 36.0 Å². The average Bonchev–Trinajstić information content (AvgIpc) is 2.98. The molecule has 0 bridgehead atoms. The van der Waals surface area contributed by atoms with Crippen molar-refractivity contribution in [2.75, 3.05) is 0 Å². The monoisotopic (exact) mass is 343 g/mol. The molecule has 0 aliphatic heterocycles. The topological polar surface area (TPSA) is 65.2 Å². The van der Waals surface area contributed by atoms with Crippen molar-refractivity contribution in [2.24, 2.45) is 0 Å². The number of hydrogen-bond acceptors (Lipinski definition) is 5. The normalized spacial score (nSPS) is 17.5. The summed E-state index contributed by atoms with van der Waals surface area (Å²) in [7, 11) is 0. The summed E-state index contributed by atoms with van der Waals surface area (Å²) in [4.78, 5) is 4.07. The van der Waals surface area contributed by atoms with Crippen molar-refractivity contribution in [3.8, 4) is 5.88 Å². The zero-order valence-corrected chi connectivity index (χ0v) is 13.1. The van der Waals surface area contributed by atoms with Gasteiger partial charge in [-0.2, -0.15) is 4.52 Å². The Bertz CT molecular complexity index is 954. The van der Waals surface area contributed by atoms with Gasteiger partial charge in [0.1, 0.15) is 11.9 Å². The Morgan fingerprint density at radius 2 is 2.17 bits per heavy atom. The van der Waals surface area contributed by atoms with Crippen molar-refractivity contribution in [2.45, 2.75) is 12.6 Å². The van der Waals surface area contributed by atoms with Crippen molar-refractivity contribution in [3.05, 3.63) is 65.4 Å². The van der Waals surface area contributed by atoms with Crippen LogP contribution in [0.1, 0.15) is 12.0 Å². The molecule has 0 N–H and O–H groups in total. The van der Waals surface area contributed by atoms with E-state index >= 15 is 0 Å². The van der Waals surface area contributed by atoms with Crippen LogP contribution in [0.4, 0.5) is 4.39 Å². The largest absolute Gasteiger partial charge is 0.437 e. The molecule has 0 saturated carbocycles. The van der Waals surface area contributed by atoms with Crippen LogP contribution in [0.25, 0.3) is 11.2 Å². The summed E-state index contributed by atoms with van der Waals surface area (Å²) in [5, 5.41) is 12.0. The number of nitrogens with zero attached hydrogens (tertiary/aromatic N) is 5. The Labute approximate surface area is 141 Å². The summed E-state index contributed by atoms with van der Waals surface area (Å²) in [6.45, 7) is 0. The first-order valence-corrected chi connectivity index (χ1v) is 7.61. The molecule has 6 nitrogen and oxygen atoms in total. The number of aromatic nitrogens is 5. The summed E-state index contributed by atoms with van der Waals surface area (Å²) in [5.41, 5.74) is 1.92. The number of ether oxygens (including phenoxy) is 1. The highest BCUT2D eigenvalue weighted by molar-refractivity contribution is 6.28. The van der Waals surface area contributed by atoms with Gasteiger partial charge in [-0.15, -0.1) is 15.3 Å². The van der Waals surface area contributed by atoms with Crippen molar-refractivity contribution in [1.29, 1.82) is 0 Å². The minimum atomic E-state index is -1.06. The number of hydrogen-bond donors (Lipinski definition) is 0. The van der Waals surface area contributed by atoms with Crippen molar-refractivity contribution >= 4 is 22.8 Å². The third-order valence-corrected chi connectivity index (χ3v) is 3.76. The maximum atomic E-state index is 13.8. The van der Waals surface area contributed by atoms with Crippen LogP contribution in [0, 0.1) is 0 Å². The minimum absolute atomic E-state index is 0.139. The van der Waals surface area contributed by atoms with Crippen molar-refractivity contribution < 1.29 is 9.13 Å². The van der Waals surface area contributed by atoms with Gasteiger partial charge in [-0.3, -0.25) is 4.98 Å². The lowest BCUT2D eigenvalue weighted by Crippen LogP contribution is -2.10. The number of allylic oxidation sites excluding steroid dienone is 3. The van der Waals surface area contributed by atoms with Crippen molar-refractivity contribution in [3.63, 3.8) is 0 Å². The number of alkyl halides is 1. The standard InChI is InChI=1S/C16H11ClFN5O/c17-16-21-20-14-5-6-15(22-23(14)16)24-13-4-3-11(18)8-12(13)10-2-1-7-19-9-10/h1-2,4-9,11H,3H2. The van der Waals surface area contributed by atoms with Gasteiger partial charge in [0.05, 0.1) is 0 Å². The fourth-order valence-corrected chi connectivity index (χ4v) is 2.59. The molecule has 24 heavy (non-hydrogen) atoms. The van der Waals surface area contributed by atoms with E-state index in [1.165, 1.54) is 10.6 Å². The molecule has 0 saturated heterocycles. The molecular formula is C16H11ClFN5O. The van der Waals surface area contributed by atoms with E-state index in [0.29, 0.717) is 22.9 Å². The highest BCUT2D eigenvalue weighted by Gasteiger charge is 2.19. The number of halogens is 2. The molecule has 1 aliphatic carbocycles. The second-order valence-electron chi connectivity index (χ2n) is 5.15. The van der Waals surface area contributed by atoms with Crippen LogP contribution < -0.4 is 4.74 Å². The van der Waals surface area contributed by atoms with Gasteiger partial charge in [-0.05, 0) is 35.9 Å². The van der Waals surface area contributed by atoms with E-state index in [4.69, 9.17) is 16.3 Å². The van der Waals surface area contributed by atoms with E-state index in [2.05, 4.69) is 20.3 Å². The summed E-state index contributed by atoms with van der Waals surface area (Å²) in [5.74, 6) is 0.829. The van der Waals surface area contributed by atoms with Gasteiger partial charge >= 0.3 is 0 Å². The summed E-state index contributed by atoms with van der Waals surface area (Å²) >= 11 is 5.92. The zero-order valence-electron chi connectivity index (χ0n) is 12.3. The Balaban J connectivity index is 1.68. The third kappa shape index (κ3) is 2.74. The Kier molecular flexibility index (Phi) is 3.70. The molecule has 3 aromatic rings. The molecule has 0 amide bonds. The molecule has 0 fully saturated rings. The molecule has 120 valence electrons. The lowest BCUT2D eigenvalue weighted by Gasteiger charge is -2.18. The SMILES string of the molecule is FC1C=C(c2cccnc2)C(Oc2ccc3nnc(Cl)n3n2)=CC1. The maximum absolute atomic E-state index is 13.8. The van der Waals surface area contributed by atoms with Gasteiger partial charge in [-0.1, -0.05) is 6.07 Å². The molecule has 0 aromatic carbocycles. The van der Waals surface area contributed by atoms with Gasteiger partial charge < -0.3 is 4.74 Å². The molecule has 8 heteroatoms. The highest BCUT2D eigenvalue weighted by Crippen LogP contribution is 2.30. The number of fused-ring (bicyclic) bond motifs is 1. The molecule has 0 radical (unpaired) electrons. The van der Waals surface area contributed by atoms with E-state index in [1.807, 2.05) is 6.07 Å². The Morgan fingerprint density at radius 1 is 1.25 bits per heavy atom. The minimum Gasteiger partial charge on any atom is -0.437 e. The van der Waals surface area contributed by atoms with Crippen LogP contribution in [-0.2, 0) is 0 Å². The molecular weight excluding hydrogens is 333 g/mol. The molecule has 4 rings (SSSR count). The first-order valence-electron chi connectivity index (χ1n) is 7.23. The van der Waals surface area contributed by atoms with Crippen LogP contribution in [0.15, 0.2) is 54.6 Å². The molecule has 1 unspecified atom stereocenters. The number of rotatable bonds is 3. The first kappa shape index (κ1) is 14.8. The quantitative estimate of drug-likeness (QED) is 0.730. The van der Waals surface area contributed by atoms with E-state index in [1.54, 1.807) is 36.7 Å². The Hall–Kier alpha value is -2.80. The fraction of sp³-hybridized carbons (Fsp3) is 0.125. The second-order valence-corrected chi connectivity index (χ2v) is 5.49. The molecule has 3 aromatic heterocycles. The number of pyridine rings is 1. The summed E-state index contributed by atoms with van der Waals surface area (Å²) in [6, 6.07) is 6.98. The van der Waals surface area contributed by atoms with Gasteiger partial charge in [-0.25, -0.2) is 4.39 Å². The maximum Gasteiger partial charge on any atom is 0.246 e. The molecule has 0 spiro atoms. The predicted molar refractivity (Wildman–Crippen MR) is 86.2 cm³/mol. The lowest BCUT2D eigenvalue weighted by atomic mass is 9.98. The summed E-state index contributed by atoms with van der Waals surface area (Å²) < 4.78 is 21.0. The van der Waals surface area contributed by atoms with E-state index in [0.717, 1.165) is 5.56 Å². The smallest absolute Gasteiger partial charge is 0.246 e. The van der Waals surface area contributed by atoms with E-state index in [-0.39, 0.29) is 11.7 Å². The Morgan fingerprint density at radius 3 is 3.00 bits per heavy atom. The van der Waals surface area contributed by atoms with E-state index < -0.39 is 6.17 Å². The highest BCUT2D eigenvalue weighted by atomic mass is 35.5. The first-order chi connectivity index (χ1) is 11.7. The van der Waals surface area contributed by atoms with Crippen LogP contribution >= 0.6 is 11.6 Å². The van der Waals surface area contributed by atoms with Gasteiger partial charge in [0.25, 0.3) is 0 Å². The van der Waals surface area contributed by atoms with Gasteiger partial charge in [0.15, 0.2) is 5.65 Å².